The minimum absolute atomic E-state index is 0.698. The van der Waals surface area contributed by atoms with Crippen molar-refractivity contribution in [3.63, 3.8) is 0 Å². The Balaban J connectivity index is 2.04. The van der Waals surface area contributed by atoms with Gasteiger partial charge < -0.3 is 10.2 Å². The first-order valence-corrected chi connectivity index (χ1v) is 6.84. The SMILES string of the molecule is CCN(CC1CCCNC1)c1nnc(C)c(C)n1. The van der Waals surface area contributed by atoms with Crippen LogP contribution in [0.3, 0.4) is 0 Å². The van der Waals surface area contributed by atoms with Crippen molar-refractivity contribution in [2.75, 3.05) is 31.1 Å². The molecule has 5 heteroatoms. The maximum absolute atomic E-state index is 4.54. The maximum atomic E-state index is 4.54. The van der Waals surface area contributed by atoms with Gasteiger partial charge >= 0.3 is 0 Å². The Morgan fingerprint density at radius 3 is 2.72 bits per heavy atom. The van der Waals surface area contributed by atoms with Crippen LogP contribution in [0.2, 0.25) is 0 Å². The highest BCUT2D eigenvalue weighted by atomic mass is 15.3. The molecule has 0 bridgehead atoms. The third-order valence-corrected chi connectivity index (χ3v) is 3.62. The molecule has 1 atom stereocenters. The fourth-order valence-corrected chi connectivity index (χ4v) is 2.32. The lowest BCUT2D eigenvalue weighted by atomic mass is 9.99. The number of nitrogens with zero attached hydrogens (tertiary/aromatic N) is 4. The quantitative estimate of drug-likeness (QED) is 0.872. The highest BCUT2D eigenvalue weighted by Crippen LogP contribution is 2.15. The van der Waals surface area contributed by atoms with Gasteiger partial charge in [-0.3, -0.25) is 0 Å². The summed E-state index contributed by atoms with van der Waals surface area (Å²) in [6.07, 6.45) is 2.57. The van der Waals surface area contributed by atoms with Gasteiger partial charge in [0, 0.05) is 13.1 Å². The zero-order valence-electron chi connectivity index (χ0n) is 11.6. The molecule has 0 spiro atoms. The molecule has 100 valence electrons. The van der Waals surface area contributed by atoms with E-state index in [4.69, 9.17) is 0 Å². The number of hydrogen-bond donors (Lipinski definition) is 1. The topological polar surface area (TPSA) is 53.9 Å². The molecule has 0 aromatic carbocycles. The van der Waals surface area contributed by atoms with Gasteiger partial charge in [-0.15, -0.1) is 5.10 Å². The second kappa shape index (κ2) is 6.09. The van der Waals surface area contributed by atoms with E-state index in [0.717, 1.165) is 43.5 Å². The van der Waals surface area contributed by atoms with E-state index in [1.165, 1.54) is 12.8 Å². The summed E-state index contributed by atoms with van der Waals surface area (Å²) in [5.74, 6) is 1.47. The first-order chi connectivity index (χ1) is 8.70. The molecular formula is C13H23N5. The van der Waals surface area contributed by atoms with Gasteiger partial charge in [-0.2, -0.15) is 5.10 Å². The second-order valence-corrected chi connectivity index (χ2v) is 5.03. The highest BCUT2D eigenvalue weighted by Gasteiger charge is 2.18. The molecule has 0 amide bonds. The van der Waals surface area contributed by atoms with Crippen molar-refractivity contribution in [3.8, 4) is 0 Å². The van der Waals surface area contributed by atoms with E-state index in [0.29, 0.717) is 5.92 Å². The first-order valence-electron chi connectivity index (χ1n) is 6.84. The second-order valence-electron chi connectivity index (χ2n) is 5.03. The summed E-state index contributed by atoms with van der Waals surface area (Å²) in [5, 5.41) is 11.8. The van der Waals surface area contributed by atoms with Crippen molar-refractivity contribution in [2.24, 2.45) is 5.92 Å². The average Bonchev–Trinajstić information content (AvgIpc) is 2.40. The molecule has 0 saturated carbocycles. The van der Waals surface area contributed by atoms with Gasteiger partial charge in [-0.1, -0.05) is 0 Å². The Labute approximate surface area is 109 Å². The average molecular weight is 249 g/mol. The van der Waals surface area contributed by atoms with Crippen LogP contribution < -0.4 is 10.2 Å². The van der Waals surface area contributed by atoms with Gasteiger partial charge in [0.2, 0.25) is 5.95 Å². The number of rotatable bonds is 4. The fraction of sp³-hybridized carbons (Fsp3) is 0.769. The zero-order valence-corrected chi connectivity index (χ0v) is 11.6. The molecule has 5 nitrogen and oxygen atoms in total. The van der Waals surface area contributed by atoms with Crippen LogP contribution in [0.1, 0.15) is 31.2 Å². The Hall–Kier alpha value is -1.23. The first kappa shape index (κ1) is 13.2. The predicted molar refractivity (Wildman–Crippen MR) is 72.8 cm³/mol. The van der Waals surface area contributed by atoms with Crippen molar-refractivity contribution < 1.29 is 0 Å². The standard InChI is InChI=1S/C13H23N5/c1-4-18(9-12-6-5-7-14-8-12)13-15-10(2)11(3)16-17-13/h12,14H,4-9H2,1-3H3. The van der Waals surface area contributed by atoms with Gasteiger partial charge in [-0.25, -0.2) is 4.98 Å². The van der Waals surface area contributed by atoms with Gasteiger partial charge in [-0.05, 0) is 52.6 Å². The lowest BCUT2D eigenvalue weighted by Crippen LogP contribution is -2.39. The van der Waals surface area contributed by atoms with E-state index in [-0.39, 0.29) is 0 Å². The molecule has 1 aliphatic rings. The van der Waals surface area contributed by atoms with Crippen LogP contribution in [0.25, 0.3) is 0 Å². The van der Waals surface area contributed by atoms with E-state index in [2.05, 4.69) is 32.3 Å². The summed E-state index contributed by atoms with van der Waals surface area (Å²) >= 11 is 0. The summed E-state index contributed by atoms with van der Waals surface area (Å²) in [7, 11) is 0. The molecule has 0 aliphatic carbocycles. The Bertz CT molecular complexity index is 387. The van der Waals surface area contributed by atoms with E-state index >= 15 is 0 Å². The number of aryl methyl sites for hydroxylation is 2. The fourth-order valence-electron chi connectivity index (χ4n) is 2.32. The molecule has 1 unspecified atom stereocenters. The van der Waals surface area contributed by atoms with E-state index < -0.39 is 0 Å². The molecule has 2 heterocycles. The normalized spacial score (nSPS) is 19.8. The van der Waals surface area contributed by atoms with Crippen molar-refractivity contribution in [1.29, 1.82) is 0 Å². The van der Waals surface area contributed by atoms with Crippen LogP contribution in [0, 0.1) is 19.8 Å². The summed E-state index contributed by atoms with van der Waals surface area (Å²) in [6.45, 7) is 10.3. The van der Waals surface area contributed by atoms with Crippen LogP contribution in [0.15, 0.2) is 0 Å². The molecule has 1 N–H and O–H groups in total. The highest BCUT2D eigenvalue weighted by molar-refractivity contribution is 5.29. The summed E-state index contributed by atoms with van der Waals surface area (Å²) < 4.78 is 0. The van der Waals surface area contributed by atoms with Crippen molar-refractivity contribution in [3.05, 3.63) is 11.4 Å². The number of aromatic nitrogens is 3. The van der Waals surface area contributed by atoms with Crippen LogP contribution in [0.5, 0.6) is 0 Å². The van der Waals surface area contributed by atoms with Crippen LogP contribution in [-0.4, -0.2) is 41.4 Å². The molecule has 1 saturated heterocycles. The number of anilines is 1. The Morgan fingerprint density at radius 1 is 1.28 bits per heavy atom. The minimum atomic E-state index is 0.698. The summed E-state index contributed by atoms with van der Waals surface area (Å²) in [5.41, 5.74) is 1.88. The molecule has 0 radical (unpaired) electrons. The molecule has 1 aromatic heterocycles. The largest absolute Gasteiger partial charge is 0.339 e. The van der Waals surface area contributed by atoms with Crippen molar-refractivity contribution >= 4 is 5.95 Å². The lowest BCUT2D eigenvalue weighted by Gasteiger charge is -2.29. The van der Waals surface area contributed by atoms with E-state index in [1.54, 1.807) is 0 Å². The van der Waals surface area contributed by atoms with Crippen LogP contribution >= 0.6 is 0 Å². The summed E-state index contributed by atoms with van der Waals surface area (Å²) in [4.78, 5) is 6.77. The van der Waals surface area contributed by atoms with E-state index in [1.807, 2.05) is 13.8 Å². The molecule has 18 heavy (non-hydrogen) atoms. The van der Waals surface area contributed by atoms with Gasteiger partial charge in [0.05, 0.1) is 11.4 Å². The van der Waals surface area contributed by atoms with Gasteiger partial charge in [0.1, 0.15) is 0 Å². The third-order valence-electron chi connectivity index (χ3n) is 3.62. The molecule has 2 rings (SSSR count). The number of nitrogens with one attached hydrogen (secondary N) is 1. The molecular weight excluding hydrogens is 226 g/mol. The van der Waals surface area contributed by atoms with E-state index in [9.17, 15) is 0 Å². The Morgan fingerprint density at radius 2 is 2.11 bits per heavy atom. The molecule has 1 aliphatic heterocycles. The number of hydrogen-bond acceptors (Lipinski definition) is 5. The minimum Gasteiger partial charge on any atom is -0.339 e. The maximum Gasteiger partial charge on any atom is 0.245 e. The number of piperidine rings is 1. The van der Waals surface area contributed by atoms with Crippen LogP contribution in [-0.2, 0) is 0 Å². The van der Waals surface area contributed by atoms with Gasteiger partial charge in [0.15, 0.2) is 0 Å². The molecule has 1 fully saturated rings. The smallest absolute Gasteiger partial charge is 0.245 e. The summed E-state index contributed by atoms with van der Waals surface area (Å²) in [6, 6.07) is 0. The molecule has 1 aromatic rings. The Kier molecular flexibility index (Phi) is 4.47. The predicted octanol–water partition coefficient (Wildman–Crippen LogP) is 1.31. The zero-order chi connectivity index (χ0) is 13.0. The van der Waals surface area contributed by atoms with Crippen molar-refractivity contribution in [2.45, 2.75) is 33.6 Å². The van der Waals surface area contributed by atoms with Crippen molar-refractivity contribution in [1.82, 2.24) is 20.5 Å². The third kappa shape index (κ3) is 3.16. The monoisotopic (exact) mass is 249 g/mol. The van der Waals surface area contributed by atoms with Gasteiger partial charge in [0.25, 0.3) is 0 Å². The lowest BCUT2D eigenvalue weighted by molar-refractivity contribution is 0.376. The van der Waals surface area contributed by atoms with Crippen LogP contribution in [0.4, 0.5) is 5.95 Å².